The van der Waals surface area contributed by atoms with Crippen molar-refractivity contribution in [2.45, 2.75) is 19.4 Å². The number of aromatic amines is 1. The lowest BCUT2D eigenvalue weighted by Gasteiger charge is -2.03. The predicted molar refractivity (Wildman–Crippen MR) is 71.2 cm³/mol. The summed E-state index contributed by atoms with van der Waals surface area (Å²) in [5.74, 6) is -0.771. The first-order chi connectivity index (χ1) is 9.75. The molecule has 8 nitrogen and oxygen atoms in total. The number of hydrogen-bond acceptors (Lipinski definition) is 5. The average molecular weight is 274 g/mol. The second kappa shape index (κ2) is 5.25. The van der Waals surface area contributed by atoms with Gasteiger partial charge in [-0.1, -0.05) is 0 Å². The van der Waals surface area contributed by atoms with Gasteiger partial charge in [-0.25, -0.2) is 15.0 Å². The van der Waals surface area contributed by atoms with Gasteiger partial charge >= 0.3 is 5.97 Å². The first kappa shape index (κ1) is 12.5. The van der Waals surface area contributed by atoms with Gasteiger partial charge in [0.15, 0.2) is 11.3 Å². The molecular formula is C12H14N6O2. The zero-order valence-corrected chi connectivity index (χ0v) is 10.7. The molecule has 0 saturated heterocycles. The number of carboxylic acid groups (broad SMARTS) is 1. The number of fused-ring (bicyclic) bond motifs is 3. The fourth-order valence-corrected chi connectivity index (χ4v) is 2.08. The molecule has 3 rings (SSSR count). The van der Waals surface area contributed by atoms with E-state index in [0.29, 0.717) is 25.2 Å². The van der Waals surface area contributed by atoms with E-state index in [0.717, 1.165) is 16.9 Å². The van der Waals surface area contributed by atoms with Crippen LogP contribution in [-0.4, -0.2) is 42.0 Å². The van der Waals surface area contributed by atoms with Crippen LogP contribution in [0.2, 0.25) is 0 Å². The summed E-state index contributed by atoms with van der Waals surface area (Å²) in [6.07, 6.45) is 5.85. The molecule has 0 atom stereocenters. The number of carboxylic acids is 1. The van der Waals surface area contributed by atoms with Crippen LogP contribution >= 0.6 is 0 Å². The number of hydrogen-bond donors (Lipinski definition) is 3. The SMILES string of the molecule is O=C(O)CCCNCc1cnc2c3[nH]cnc3ncn12. The van der Waals surface area contributed by atoms with Gasteiger partial charge in [-0.3, -0.25) is 9.20 Å². The van der Waals surface area contributed by atoms with Crippen LogP contribution in [0.15, 0.2) is 18.9 Å². The van der Waals surface area contributed by atoms with E-state index >= 15 is 0 Å². The van der Waals surface area contributed by atoms with Gasteiger partial charge in [-0.2, -0.15) is 0 Å². The Morgan fingerprint density at radius 3 is 3.15 bits per heavy atom. The van der Waals surface area contributed by atoms with Crippen LogP contribution < -0.4 is 5.32 Å². The van der Waals surface area contributed by atoms with Crippen LogP contribution in [0.5, 0.6) is 0 Å². The van der Waals surface area contributed by atoms with E-state index in [4.69, 9.17) is 5.11 Å². The Kier molecular flexibility index (Phi) is 3.30. The van der Waals surface area contributed by atoms with Crippen molar-refractivity contribution in [1.29, 1.82) is 0 Å². The van der Waals surface area contributed by atoms with E-state index in [2.05, 4.69) is 25.3 Å². The van der Waals surface area contributed by atoms with E-state index in [-0.39, 0.29) is 6.42 Å². The zero-order valence-electron chi connectivity index (χ0n) is 10.7. The highest BCUT2D eigenvalue weighted by Crippen LogP contribution is 2.14. The molecule has 0 saturated carbocycles. The Bertz CT molecular complexity index is 747. The first-order valence-corrected chi connectivity index (χ1v) is 6.32. The lowest BCUT2D eigenvalue weighted by atomic mass is 10.3. The van der Waals surface area contributed by atoms with Gasteiger partial charge in [0.2, 0.25) is 0 Å². The van der Waals surface area contributed by atoms with Crippen LogP contribution in [0, 0.1) is 0 Å². The third kappa shape index (κ3) is 2.32. The second-order valence-corrected chi connectivity index (χ2v) is 4.46. The third-order valence-electron chi connectivity index (χ3n) is 3.06. The number of aliphatic carboxylic acids is 1. The molecule has 104 valence electrons. The Morgan fingerprint density at radius 2 is 2.30 bits per heavy atom. The predicted octanol–water partition coefficient (Wildman–Crippen LogP) is 0.560. The zero-order chi connectivity index (χ0) is 13.9. The molecule has 20 heavy (non-hydrogen) atoms. The quantitative estimate of drug-likeness (QED) is 0.567. The van der Waals surface area contributed by atoms with Crippen molar-refractivity contribution in [2.75, 3.05) is 6.54 Å². The number of H-pyrrole nitrogens is 1. The monoisotopic (exact) mass is 274 g/mol. The molecule has 8 heteroatoms. The number of nitrogens with zero attached hydrogens (tertiary/aromatic N) is 4. The van der Waals surface area contributed by atoms with E-state index in [1.54, 1.807) is 18.9 Å². The summed E-state index contributed by atoms with van der Waals surface area (Å²) < 4.78 is 1.89. The highest BCUT2D eigenvalue weighted by Gasteiger charge is 2.08. The lowest BCUT2D eigenvalue weighted by molar-refractivity contribution is -0.137. The standard InChI is InChI=1S/C12H14N6O2/c19-9(20)2-1-3-13-4-8-5-14-12-10-11(16-6-15-10)17-7-18(8)12/h5-7,13H,1-4H2,(H,15,16)(H,19,20). The summed E-state index contributed by atoms with van der Waals surface area (Å²) in [6, 6.07) is 0. The van der Waals surface area contributed by atoms with Crippen LogP contribution in [0.1, 0.15) is 18.5 Å². The van der Waals surface area contributed by atoms with Crippen molar-refractivity contribution in [1.82, 2.24) is 29.7 Å². The van der Waals surface area contributed by atoms with Gasteiger partial charge in [0.05, 0.1) is 18.2 Å². The summed E-state index contributed by atoms with van der Waals surface area (Å²) in [5, 5.41) is 11.8. The van der Waals surface area contributed by atoms with Crippen LogP contribution in [0.25, 0.3) is 16.8 Å². The number of rotatable bonds is 6. The molecule has 0 amide bonds. The van der Waals surface area contributed by atoms with E-state index < -0.39 is 5.97 Å². The van der Waals surface area contributed by atoms with Gasteiger partial charge in [-0.15, -0.1) is 0 Å². The summed E-state index contributed by atoms with van der Waals surface area (Å²) in [7, 11) is 0. The Balaban J connectivity index is 1.71. The first-order valence-electron chi connectivity index (χ1n) is 6.32. The number of imidazole rings is 2. The van der Waals surface area contributed by atoms with E-state index in [1.807, 2.05) is 4.40 Å². The molecule has 0 spiro atoms. The summed E-state index contributed by atoms with van der Waals surface area (Å²) >= 11 is 0. The smallest absolute Gasteiger partial charge is 0.303 e. The van der Waals surface area contributed by atoms with Crippen molar-refractivity contribution in [3.8, 4) is 0 Å². The van der Waals surface area contributed by atoms with Crippen LogP contribution in [-0.2, 0) is 11.3 Å². The maximum atomic E-state index is 10.4. The molecule has 3 aromatic rings. The fraction of sp³-hybridized carbons (Fsp3) is 0.333. The summed E-state index contributed by atoms with van der Waals surface area (Å²) in [5.41, 5.74) is 3.21. The molecule has 3 heterocycles. The largest absolute Gasteiger partial charge is 0.481 e. The number of carbonyl (C=O) groups is 1. The van der Waals surface area contributed by atoms with Gasteiger partial charge in [-0.05, 0) is 13.0 Å². The van der Waals surface area contributed by atoms with Crippen molar-refractivity contribution >= 4 is 22.8 Å². The molecule has 0 radical (unpaired) electrons. The van der Waals surface area contributed by atoms with Gasteiger partial charge in [0, 0.05) is 13.0 Å². The molecule has 0 unspecified atom stereocenters. The van der Waals surface area contributed by atoms with Crippen LogP contribution in [0.4, 0.5) is 0 Å². The molecule has 0 aliphatic rings. The van der Waals surface area contributed by atoms with Gasteiger partial charge < -0.3 is 15.4 Å². The van der Waals surface area contributed by atoms with Crippen LogP contribution in [0.3, 0.4) is 0 Å². The highest BCUT2D eigenvalue weighted by molar-refractivity contribution is 5.84. The number of nitrogens with one attached hydrogen (secondary N) is 2. The minimum atomic E-state index is -0.771. The molecule has 0 bridgehead atoms. The molecule has 0 aromatic carbocycles. The van der Waals surface area contributed by atoms with Crippen molar-refractivity contribution < 1.29 is 9.90 Å². The lowest BCUT2D eigenvalue weighted by Crippen LogP contribution is -2.16. The minimum absolute atomic E-state index is 0.177. The maximum Gasteiger partial charge on any atom is 0.303 e. The van der Waals surface area contributed by atoms with Gasteiger partial charge in [0.25, 0.3) is 0 Å². The second-order valence-electron chi connectivity index (χ2n) is 4.46. The molecule has 3 aromatic heterocycles. The third-order valence-corrected chi connectivity index (χ3v) is 3.06. The number of aromatic nitrogens is 5. The summed E-state index contributed by atoms with van der Waals surface area (Å²) in [6.45, 7) is 1.27. The van der Waals surface area contributed by atoms with Crippen molar-refractivity contribution in [2.24, 2.45) is 0 Å². The average Bonchev–Trinajstić information content (AvgIpc) is 3.03. The normalized spacial score (nSPS) is 11.4. The fourth-order valence-electron chi connectivity index (χ4n) is 2.08. The molecule has 3 N–H and O–H groups in total. The van der Waals surface area contributed by atoms with Gasteiger partial charge in [0.1, 0.15) is 11.8 Å². The Labute approximate surface area is 113 Å². The Morgan fingerprint density at radius 1 is 1.40 bits per heavy atom. The molecule has 0 fully saturated rings. The molecule has 0 aliphatic heterocycles. The minimum Gasteiger partial charge on any atom is -0.481 e. The van der Waals surface area contributed by atoms with Crippen molar-refractivity contribution in [3.63, 3.8) is 0 Å². The highest BCUT2D eigenvalue weighted by atomic mass is 16.4. The molecule has 0 aliphatic carbocycles. The van der Waals surface area contributed by atoms with Crippen molar-refractivity contribution in [3.05, 3.63) is 24.5 Å². The molecular weight excluding hydrogens is 260 g/mol. The maximum absolute atomic E-state index is 10.4. The van der Waals surface area contributed by atoms with E-state index in [9.17, 15) is 4.79 Å². The topological polar surface area (TPSA) is 108 Å². The van der Waals surface area contributed by atoms with E-state index in [1.165, 1.54) is 0 Å². The summed E-state index contributed by atoms with van der Waals surface area (Å²) in [4.78, 5) is 26.1. The Hall–Kier alpha value is -2.48.